The fraction of sp³-hybridized carbons (Fsp3) is 0.562. The Morgan fingerprint density at radius 3 is 2.24 bits per heavy atom. The lowest BCUT2D eigenvalue weighted by atomic mass is 10.2. The number of benzene rings is 1. The molecule has 5 heteroatoms. The van der Waals surface area contributed by atoms with Crippen LogP contribution in [0.25, 0.3) is 0 Å². The predicted octanol–water partition coefficient (Wildman–Crippen LogP) is 3.18. The van der Waals surface area contributed by atoms with Gasteiger partial charge in [0, 0.05) is 12.1 Å². The molecular weight excluding hydrogens is 282 g/mol. The molecule has 0 spiro atoms. The second-order valence-corrected chi connectivity index (χ2v) is 11.7. The van der Waals surface area contributed by atoms with Crippen LogP contribution in [-0.4, -0.2) is 32.0 Å². The maximum Gasteiger partial charge on any atom is 0.251 e. The van der Waals surface area contributed by atoms with E-state index < -0.39 is 14.4 Å². The van der Waals surface area contributed by atoms with Gasteiger partial charge in [0.2, 0.25) is 8.32 Å². The van der Waals surface area contributed by atoms with Gasteiger partial charge in [-0.3, -0.25) is 4.79 Å². The van der Waals surface area contributed by atoms with E-state index in [4.69, 9.17) is 9.53 Å². The number of aliphatic hydroxyl groups excluding tert-OH is 1. The van der Waals surface area contributed by atoms with Crippen molar-refractivity contribution < 1.29 is 14.3 Å². The van der Waals surface area contributed by atoms with Gasteiger partial charge >= 0.3 is 0 Å². The topological polar surface area (TPSA) is 58.6 Å². The highest BCUT2D eigenvalue weighted by atomic mass is 28.4. The zero-order valence-electron chi connectivity index (χ0n) is 13.9. The molecule has 1 rings (SSSR count). The van der Waals surface area contributed by atoms with Crippen LogP contribution in [-0.2, 0) is 0 Å². The van der Waals surface area contributed by atoms with Crippen molar-refractivity contribution in [2.24, 2.45) is 0 Å². The third-order valence-electron chi connectivity index (χ3n) is 3.85. The van der Waals surface area contributed by atoms with E-state index in [2.05, 4.69) is 39.2 Å². The molecule has 1 amide bonds. The summed E-state index contributed by atoms with van der Waals surface area (Å²) in [7, 11) is -1.85. The van der Waals surface area contributed by atoms with Gasteiger partial charge in [-0.1, -0.05) is 20.8 Å². The minimum Gasteiger partial charge on any atom is -0.544 e. The van der Waals surface area contributed by atoms with E-state index in [9.17, 15) is 4.79 Å². The van der Waals surface area contributed by atoms with Gasteiger partial charge in [-0.25, -0.2) is 0 Å². The summed E-state index contributed by atoms with van der Waals surface area (Å²) in [6.45, 7) is 12.8. The van der Waals surface area contributed by atoms with Crippen molar-refractivity contribution in [1.29, 1.82) is 0 Å². The molecule has 2 N–H and O–H groups in total. The summed E-state index contributed by atoms with van der Waals surface area (Å²) >= 11 is 0. The normalized spacial score (nSPS) is 13.7. The summed E-state index contributed by atoms with van der Waals surface area (Å²) in [5, 5.41) is 12.0. The van der Waals surface area contributed by atoms with Gasteiger partial charge in [0.05, 0.1) is 6.10 Å². The first-order valence-electron chi connectivity index (χ1n) is 7.28. The van der Waals surface area contributed by atoms with E-state index in [1.807, 2.05) is 12.1 Å². The number of hydrogen-bond acceptors (Lipinski definition) is 3. The Balaban J connectivity index is 2.73. The van der Waals surface area contributed by atoms with E-state index in [0.717, 1.165) is 5.75 Å². The first-order valence-corrected chi connectivity index (χ1v) is 10.2. The smallest absolute Gasteiger partial charge is 0.251 e. The molecule has 0 saturated carbocycles. The van der Waals surface area contributed by atoms with E-state index in [1.54, 1.807) is 19.1 Å². The molecule has 1 aromatic carbocycles. The van der Waals surface area contributed by atoms with Gasteiger partial charge in [0.25, 0.3) is 5.91 Å². The molecule has 0 heterocycles. The van der Waals surface area contributed by atoms with Crippen molar-refractivity contribution >= 4 is 14.2 Å². The molecule has 0 aliphatic rings. The highest BCUT2D eigenvalue weighted by molar-refractivity contribution is 6.74. The molecule has 0 aromatic heterocycles. The molecule has 0 unspecified atom stereocenters. The maximum absolute atomic E-state index is 11.9. The maximum atomic E-state index is 11.9. The van der Waals surface area contributed by atoms with Gasteiger partial charge < -0.3 is 14.8 Å². The summed E-state index contributed by atoms with van der Waals surface area (Å²) in [6, 6.07) is 7.16. The lowest BCUT2D eigenvalue weighted by molar-refractivity contribution is 0.0924. The van der Waals surface area contributed by atoms with Gasteiger partial charge in [0.1, 0.15) is 5.75 Å². The molecule has 21 heavy (non-hydrogen) atoms. The van der Waals surface area contributed by atoms with Crippen LogP contribution < -0.4 is 9.74 Å². The van der Waals surface area contributed by atoms with Crippen LogP contribution in [0.3, 0.4) is 0 Å². The molecule has 1 atom stereocenters. The summed E-state index contributed by atoms with van der Waals surface area (Å²) in [4.78, 5) is 11.9. The Hall–Kier alpha value is -1.33. The molecule has 0 aliphatic carbocycles. The standard InChI is InChI=1S/C16H27NO3Si/c1-12(18)11-17-15(19)13-7-9-14(10-8-13)20-21(5,6)16(2,3)4/h7-10,12,18H,11H2,1-6H3,(H,17,19)/t12-/m0/s1. The first-order chi connectivity index (χ1) is 9.53. The fourth-order valence-electron chi connectivity index (χ4n) is 1.46. The molecule has 118 valence electrons. The number of amides is 1. The number of hydrogen-bond donors (Lipinski definition) is 2. The highest BCUT2D eigenvalue weighted by Crippen LogP contribution is 2.37. The molecule has 0 bridgehead atoms. The third-order valence-corrected chi connectivity index (χ3v) is 8.21. The molecule has 1 aromatic rings. The van der Waals surface area contributed by atoms with E-state index in [0.29, 0.717) is 5.56 Å². The van der Waals surface area contributed by atoms with Crippen LogP contribution in [0.4, 0.5) is 0 Å². The van der Waals surface area contributed by atoms with Crippen molar-refractivity contribution in [3.05, 3.63) is 29.8 Å². The lowest BCUT2D eigenvalue weighted by Gasteiger charge is -2.36. The number of aliphatic hydroxyl groups is 1. The number of nitrogens with one attached hydrogen (secondary N) is 1. The number of rotatable bonds is 5. The Morgan fingerprint density at radius 2 is 1.81 bits per heavy atom. The molecule has 0 saturated heterocycles. The third kappa shape index (κ3) is 5.17. The van der Waals surface area contributed by atoms with Gasteiger partial charge in [-0.2, -0.15) is 0 Å². The Labute approximate surface area is 128 Å². The van der Waals surface area contributed by atoms with E-state index in [1.165, 1.54) is 0 Å². The average molecular weight is 309 g/mol. The van der Waals surface area contributed by atoms with Gasteiger partial charge in [-0.05, 0) is 49.3 Å². The number of carbonyl (C=O) groups excluding carboxylic acids is 1. The molecule has 0 radical (unpaired) electrons. The van der Waals surface area contributed by atoms with E-state index in [-0.39, 0.29) is 17.5 Å². The van der Waals surface area contributed by atoms with Crippen molar-refractivity contribution in [2.75, 3.05) is 6.54 Å². The predicted molar refractivity (Wildman–Crippen MR) is 88.3 cm³/mol. The largest absolute Gasteiger partial charge is 0.544 e. The number of carbonyl (C=O) groups is 1. The second-order valence-electron chi connectivity index (χ2n) is 6.95. The Bertz CT molecular complexity index is 475. The molecule has 0 aliphatic heterocycles. The molecular formula is C16H27NO3Si. The fourth-order valence-corrected chi connectivity index (χ4v) is 2.50. The zero-order chi connectivity index (χ0) is 16.3. The summed E-state index contributed by atoms with van der Waals surface area (Å²) in [6.07, 6.45) is -0.546. The summed E-state index contributed by atoms with van der Waals surface area (Å²) < 4.78 is 6.17. The van der Waals surface area contributed by atoms with Crippen LogP contribution in [0.15, 0.2) is 24.3 Å². The lowest BCUT2D eigenvalue weighted by Crippen LogP contribution is -2.43. The quantitative estimate of drug-likeness (QED) is 0.821. The average Bonchev–Trinajstić information content (AvgIpc) is 2.35. The van der Waals surface area contributed by atoms with Crippen molar-refractivity contribution in [3.63, 3.8) is 0 Å². The van der Waals surface area contributed by atoms with Crippen LogP contribution in [0.5, 0.6) is 5.75 Å². The first kappa shape index (κ1) is 17.7. The zero-order valence-corrected chi connectivity index (χ0v) is 14.9. The van der Waals surface area contributed by atoms with Crippen LogP contribution in [0.1, 0.15) is 38.1 Å². The van der Waals surface area contributed by atoms with Crippen molar-refractivity contribution in [1.82, 2.24) is 5.32 Å². The minimum atomic E-state index is -1.85. The van der Waals surface area contributed by atoms with Gasteiger partial charge in [-0.15, -0.1) is 0 Å². The van der Waals surface area contributed by atoms with Crippen molar-refractivity contribution in [2.45, 2.75) is 51.9 Å². The SMILES string of the molecule is C[C@H](O)CNC(=O)c1ccc(O[Si](C)(C)C(C)(C)C)cc1. The Kier molecular flexibility index (Phi) is 5.59. The summed E-state index contributed by atoms with van der Waals surface area (Å²) in [5.74, 6) is 0.614. The van der Waals surface area contributed by atoms with E-state index >= 15 is 0 Å². The second kappa shape index (κ2) is 6.62. The monoisotopic (exact) mass is 309 g/mol. The minimum absolute atomic E-state index is 0.139. The Morgan fingerprint density at radius 1 is 1.29 bits per heavy atom. The van der Waals surface area contributed by atoms with Crippen LogP contribution in [0.2, 0.25) is 18.1 Å². The van der Waals surface area contributed by atoms with Gasteiger partial charge in [0.15, 0.2) is 0 Å². The molecule has 0 fully saturated rings. The van der Waals surface area contributed by atoms with Crippen LogP contribution in [0, 0.1) is 0 Å². The van der Waals surface area contributed by atoms with Crippen molar-refractivity contribution in [3.8, 4) is 5.75 Å². The van der Waals surface area contributed by atoms with Crippen LogP contribution >= 0.6 is 0 Å². The highest BCUT2D eigenvalue weighted by Gasteiger charge is 2.38. The molecule has 4 nitrogen and oxygen atoms in total. The summed E-state index contributed by atoms with van der Waals surface area (Å²) in [5.41, 5.74) is 0.568.